The van der Waals surface area contributed by atoms with Gasteiger partial charge in [0.15, 0.2) is 0 Å². The summed E-state index contributed by atoms with van der Waals surface area (Å²) in [4.78, 5) is 11.4. The van der Waals surface area contributed by atoms with Crippen LogP contribution in [0.4, 0.5) is 0 Å². The van der Waals surface area contributed by atoms with E-state index in [1.165, 1.54) is 6.92 Å². The molecule has 7 heteroatoms. The first-order valence-electron chi connectivity index (χ1n) is 4.89. The van der Waals surface area contributed by atoms with Crippen LogP contribution >= 0.6 is 15.9 Å². The van der Waals surface area contributed by atoms with E-state index in [1.807, 2.05) is 0 Å². The van der Waals surface area contributed by atoms with Crippen LogP contribution in [0.2, 0.25) is 0 Å². The van der Waals surface area contributed by atoms with Gasteiger partial charge in [0.1, 0.15) is 0 Å². The Bertz CT molecular complexity index is 354. The van der Waals surface area contributed by atoms with Gasteiger partial charge in [-0.3, -0.25) is 4.79 Å². The van der Waals surface area contributed by atoms with Crippen molar-refractivity contribution in [2.45, 2.75) is 26.3 Å². The molecule has 1 amide bonds. The van der Waals surface area contributed by atoms with E-state index in [1.54, 1.807) is 6.92 Å². The lowest BCUT2D eigenvalue weighted by molar-refractivity contribution is -0.122. The Hall–Kier alpha value is -0.400. The summed E-state index contributed by atoms with van der Waals surface area (Å²) in [6, 6.07) is -0.775. The van der Waals surface area contributed by atoms with Gasteiger partial charge in [-0.05, 0) is 13.3 Å². The number of sulfonamides is 1. The van der Waals surface area contributed by atoms with Crippen molar-refractivity contribution < 1.29 is 13.2 Å². The first-order chi connectivity index (χ1) is 7.28. The summed E-state index contributed by atoms with van der Waals surface area (Å²) in [6.45, 7) is 7.09. The summed E-state index contributed by atoms with van der Waals surface area (Å²) in [6.07, 6.45) is 0.516. The number of rotatable bonds is 7. The molecule has 0 aromatic rings. The third-order valence-electron chi connectivity index (χ3n) is 1.68. The molecule has 5 nitrogen and oxygen atoms in total. The van der Waals surface area contributed by atoms with E-state index >= 15 is 0 Å². The van der Waals surface area contributed by atoms with Crippen LogP contribution in [0.3, 0.4) is 0 Å². The summed E-state index contributed by atoms with van der Waals surface area (Å²) >= 11 is 3.09. The number of carbonyl (C=O) groups is 1. The summed E-state index contributed by atoms with van der Waals surface area (Å²) in [5.41, 5.74) is 0. The standard InChI is InChI=1S/C9H17BrN2O3S/c1-4-5-16(14,15)12-8(3)9(13)11-6-7(2)10/h8,12H,2,4-6H2,1,3H3,(H,11,13). The number of hydrogen-bond donors (Lipinski definition) is 2. The topological polar surface area (TPSA) is 75.3 Å². The lowest BCUT2D eigenvalue weighted by Gasteiger charge is -2.13. The molecule has 0 aromatic heterocycles. The molecule has 0 aromatic carbocycles. The highest BCUT2D eigenvalue weighted by Gasteiger charge is 2.18. The van der Waals surface area contributed by atoms with Crippen LogP contribution in [-0.4, -0.2) is 32.7 Å². The predicted molar refractivity (Wildman–Crippen MR) is 67.8 cm³/mol. The molecule has 0 saturated carbocycles. The molecule has 0 aliphatic carbocycles. The molecular formula is C9H17BrN2O3S. The molecule has 0 radical (unpaired) electrons. The second-order valence-corrected chi connectivity index (χ2v) is 6.39. The monoisotopic (exact) mass is 312 g/mol. The second-order valence-electron chi connectivity index (χ2n) is 3.39. The van der Waals surface area contributed by atoms with Gasteiger partial charge >= 0.3 is 0 Å². The molecule has 16 heavy (non-hydrogen) atoms. The Labute approximate surface area is 105 Å². The van der Waals surface area contributed by atoms with E-state index in [9.17, 15) is 13.2 Å². The third kappa shape index (κ3) is 6.97. The molecule has 0 bridgehead atoms. The van der Waals surface area contributed by atoms with Gasteiger partial charge in [-0.1, -0.05) is 29.4 Å². The fraction of sp³-hybridized carbons (Fsp3) is 0.667. The van der Waals surface area contributed by atoms with Crippen molar-refractivity contribution in [3.63, 3.8) is 0 Å². The Balaban J connectivity index is 4.20. The van der Waals surface area contributed by atoms with E-state index in [4.69, 9.17) is 0 Å². The fourth-order valence-electron chi connectivity index (χ4n) is 0.987. The van der Waals surface area contributed by atoms with Crippen LogP contribution in [0, 0.1) is 0 Å². The zero-order chi connectivity index (χ0) is 12.8. The average molecular weight is 313 g/mol. The summed E-state index contributed by atoms with van der Waals surface area (Å²) in [5, 5.41) is 2.53. The molecule has 0 heterocycles. The maximum absolute atomic E-state index is 11.4. The highest BCUT2D eigenvalue weighted by atomic mass is 79.9. The van der Waals surface area contributed by atoms with Crippen molar-refractivity contribution in [1.82, 2.24) is 10.0 Å². The van der Waals surface area contributed by atoms with Gasteiger partial charge in [0.25, 0.3) is 0 Å². The van der Waals surface area contributed by atoms with Crippen LogP contribution in [0.1, 0.15) is 20.3 Å². The molecule has 0 saturated heterocycles. The zero-order valence-corrected chi connectivity index (χ0v) is 11.8. The summed E-state index contributed by atoms with van der Waals surface area (Å²) in [5.74, 6) is -0.351. The molecule has 0 spiro atoms. The van der Waals surface area contributed by atoms with Crippen molar-refractivity contribution in [2.75, 3.05) is 12.3 Å². The predicted octanol–water partition coefficient (Wildman–Crippen LogP) is 0.729. The number of nitrogens with one attached hydrogen (secondary N) is 2. The second kappa shape index (κ2) is 7.03. The SMILES string of the molecule is C=C(Br)CNC(=O)C(C)NS(=O)(=O)CCC. The first kappa shape index (κ1) is 15.6. The molecule has 94 valence electrons. The van der Waals surface area contributed by atoms with Crippen LogP contribution in [-0.2, 0) is 14.8 Å². The molecule has 0 aliphatic heterocycles. The number of halogens is 1. The van der Waals surface area contributed by atoms with E-state index in [0.717, 1.165) is 0 Å². The van der Waals surface area contributed by atoms with Crippen molar-refractivity contribution in [2.24, 2.45) is 0 Å². The average Bonchev–Trinajstić information content (AvgIpc) is 2.12. The van der Waals surface area contributed by atoms with Crippen molar-refractivity contribution in [1.29, 1.82) is 0 Å². The first-order valence-corrected chi connectivity index (χ1v) is 7.34. The normalized spacial score (nSPS) is 13.2. The molecular weight excluding hydrogens is 296 g/mol. The zero-order valence-electron chi connectivity index (χ0n) is 9.42. The minimum absolute atomic E-state index is 0.0236. The van der Waals surface area contributed by atoms with Gasteiger partial charge < -0.3 is 5.32 Å². The van der Waals surface area contributed by atoms with Gasteiger partial charge in [0, 0.05) is 11.0 Å². The van der Waals surface area contributed by atoms with E-state index < -0.39 is 16.1 Å². The van der Waals surface area contributed by atoms with Crippen LogP contribution in [0.25, 0.3) is 0 Å². The van der Waals surface area contributed by atoms with Crippen molar-refractivity contribution >= 4 is 31.9 Å². The summed E-state index contributed by atoms with van der Waals surface area (Å²) in [7, 11) is -3.36. The smallest absolute Gasteiger partial charge is 0.238 e. The molecule has 2 N–H and O–H groups in total. The van der Waals surface area contributed by atoms with Gasteiger partial charge in [0.05, 0.1) is 11.8 Å². The van der Waals surface area contributed by atoms with Crippen LogP contribution < -0.4 is 10.0 Å². The maximum Gasteiger partial charge on any atom is 0.238 e. The lowest BCUT2D eigenvalue weighted by Crippen LogP contribution is -2.45. The highest BCUT2D eigenvalue weighted by Crippen LogP contribution is 1.98. The molecule has 0 fully saturated rings. The van der Waals surface area contributed by atoms with Gasteiger partial charge in [-0.2, -0.15) is 0 Å². The fourth-order valence-corrected chi connectivity index (χ4v) is 2.43. The number of amides is 1. The van der Waals surface area contributed by atoms with Gasteiger partial charge in [-0.15, -0.1) is 0 Å². The van der Waals surface area contributed by atoms with Gasteiger partial charge in [0.2, 0.25) is 15.9 Å². The minimum Gasteiger partial charge on any atom is -0.350 e. The van der Waals surface area contributed by atoms with Gasteiger partial charge in [-0.25, -0.2) is 13.1 Å². The summed E-state index contributed by atoms with van der Waals surface area (Å²) < 4.78 is 25.7. The number of carbonyl (C=O) groups excluding carboxylic acids is 1. The van der Waals surface area contributed by atoms with E-state index in [2.05, 4.69) is 32.5 Å². The highest BCUT2D eigenvalue weighted by molar-refractivity contribution is 9.11. The molecule has 1 unspecified atom stereocenters. The Kier molecular flexibility index (Phi) is 6.85. The Morgan fingerprint density at radius 3 is 2.50 bits per heavy atom. The van der Waals surface area contributed by atoms with Crippen molar-refractivity contribution in [3.8, 4) is 0 Å². The van der Waals surface area contributed by atoms with E-state index in [-0.39, 0.29) is 18.2 Å². The largest absolute Gasteiger partial charge is 0.350 e. The molecule has 0 rings (SSSR count). The van der Waals surface area contributed by atoms with Crippen LogP contribution in [0.15, 0.2) is 11.1 Å². The lowest BCUT2D eigenvalue weighted by atomic mass is 10.3. The number of hydrogen-bond acceptors (Lipinski definition) is 3. The quantitative estimate of drug-likeness (QED) is 0.727. The molecule has 1 atom stereocenters. The minimum atomic E-state index is -3.36. The third-order valence-corrected chi connectivity index (χ3v) is 3.62. The van der Waals surface area contributed by atoms with Crippen molar-refractivity contribution in [3.05, 3.63) is 11.1 Å². The Morgan fingerprint density at radius 2 is 2.06 bits per heavy atom. The molecule has 0 aliphatic rings. The maximum atomic E-state index is 11.4. The van der Waals surface area contributed by atoms with E-state index in [0.29, 0.717) is 10.9 Å². The Morgan fingerprint density at radius 1 is 1.50 bits per heavy atom. The van der Waals surface area contributed by atoms with Crippen LogP contribution in [0.5, 0.6) is 0 Å².